The molecule has 0 unspecified atom stereocenters. The van der Waals surface area contributed by atoms with Crippen molar-refractivity contribution in [2.75, 3.05) is 11.4 Å². The van der Waals surface area contributed by atoms with E-state index in [9.17, 15) is 10.1 Å². The van der Waals surface area contributed by atoms with Crippen molar-refractivity contribution in [3.8, 4) is 6.07 Å². The number of rotatable bonds is 3. The Bertz CT molecular complexity index is 584. The van der Waals surface area contributed by atoms with Gasteiger partial charge in [-0.25, -0.2) is 0 Å². The van der Waals surface area contributed by atoms with E-state index in [1.807, 2.05) is 12.1 Å². The van der Waals surface area contributed by atoms with Gasteiger partial charge in [-0.15, -0.1) is 0 Å². The number of hydrogen-bond acceptors (Lipinski definition) is 3. The van der Waals surface area contributed by atoms with E-state index < -0.39 is 5.54 Å². The number of carbonyl (C=O) groups is 1. The zero-order chi connectivity index (χ0) is 14.9. The highest BCUT2D eigenvalue weighted by atomic mass is 16.2. The Morgan fingerprint density at radius 1 is 1.43 bits per heavy atom. The van der Waals surface area contributed by atoms with Crippen molar-refractivity contribution in [1.82, 2.24) is 5.32 Å². The van der Waals surface area contributed by atoms with Crippen LogP contribution in [0.1, 0.15) is 38.2 Å². The predicted molar refractivity (Wildman–Crippen MR) is 81.9 cm³/mol. The van der Waals surface area contributed by atoms with Gasteiger partial charge in [-0.3, -0.25) is 4.79 Å². The minimum atomic E-state index is -0.625. The number of carbonyl (C=O) groups excluding carboxylic acids is 1. The van der Waals surface area contributed by atoms with Gasteiger partial charge < -0.3 is 10.2 Å². The summed E-state index contributed by atoms with van der Waals surface area (Å²) in [5.74, 6) is -0.0398. The van der Waals surface area contributed by atoms with Gasteiger partial charge in [-0.05, 0) is 50.7 Å². The molecule has 1 aliphatic heterocycles. The van der Waals surface area contributed by atoms with Crippen molar-refractivity contribution in [3.05, 3.63) is 29.8 Å². The molecule has 4 nitrogen and oxygen atoms in total. The lowest BCUT2D eigenvalue weighted by Gasteiger charge is -2.27. The summed E-state index contributed by atoms with van der Waals surface area (Å²) in [5.41, 5.74) is 1.82. The molecule has 1 amide bonds. The summed E-state index contributed by atoms with van der Waals surface area (Å²) in [5, 5.41) is 12.3. The number of nitrogens with zero attached hydrogens (tertiary/aromatic N) is 2. The number of anilines is 1. The van der Waals surface area contributed by atoms with Crippen molar-refractivity contribution < 1.29 is 4.79 Å². The molecule has 110 valence electrons. The molecule has 0 saturated heterocycles. The molecule has 0 aromatic heterocycles. The van der Waals surface area contributed by atoms with Gasteiger partial charge in [0.25, 0.3) is 0 Å². The van der Waals surface area contributed by atoms with Crippen LogP contribution in [0.5, 0.6) is 0 Å². The van der Waals surface area contributed by atoms with Crippen LogP contribution in [0.25, 0.3) is 0 Å². The Labute approximate surface area is 125 Å². The van der Waals surface area contributed by atoms with Gasteiger partial charge >= 0.3 is 0 Å². The predicted octanol–water partition coefficient (Wildman–Crippen LogP) is 2.39. The third kappa shape index (κ3) is 2.61. The second-order valence-corrected chi connectivity index (χ2v) is 6.26. The Morgan fingerprint density at radius 3 is 2.86 bits per heavy atom. The van der Waals surface area contributed by atoms with Gasteiger partial charge in [0.05, 0.1) is 12.6 Å². The van der Waals surface area contributed by atoms with E-state index in [4.69, 9.17) is 0 Å². The van der Waals surface area contributed by atoms with Crippen molar-refractivity contribution >= 4 is 11.6 Å². The normalized spacial score (nSPS) is 22.7. The number of amides is 1. The quantitative estimate of drug-likeness (QED) is 0.926. The second-order valence-electron chi connectivity index (χ2n) is 6.26. The Balaban J connectivity index is 1.69. The first-order chi connectivity index (χ1) is 10.1. The molecule has 1 saturated carbocycles. The van der Waals surface area contributed by atoms with Crippen molar-refractivity contribution in [2.24, 2.45) is 0 Å². The summed E-state index contributed by atoms with van der Waals surface area (Å²) in [6, 6.07) is 10.9. The molecule has 1 aromatic rings. The fourth-order valence-corrected chi connectivity index (χ4v) is 3.57. The molecular formula is C17H21N3O. The van der Waals surface area contributed by atoms with Crippen LogP contribution in [-0.2, 0) is 11.2 Å². The lowest BCUT2D eigenvalue weighted by atomic mass is 10.00. The van der Waals surface area contributed by atoms with Crippen molar-refractivity contribution in [1.29, 1.82) is 5.26 Å². The first-order valence-electron chi connectivity index (χ1n) is 7.70. The molecule has 21 heavy (non-hydrogen) atoms. The van der Waals surface area contributed by atoms with E-state index in [0.717, 1.165) is 37.8 Å². The SMILES string of the molecule is C[C@H]1Cc2ccccc2N1CC(=O)NC1(C#N)CCCC1. The van der Waals surface area contributed by atoms with Crippen LogP contribution in [0.3, 0.4) is 0 Å². The highest BCUT2D eigenvalue weighted by molar-refractivity contribution is 5.83. The maximum atomic E-state index is 12.4. The van der Waals surface area contributed by atoms with Crippen LogP contribution in [0.4, 0.5) is 5.69 Å². The van der Waals surface area contributed by atoms with Gasteiger partial charge in [0, 0.05) is 11.7 Å². The zero-order valence-electron chi connectivity index (χ0n) is 12.4. The minimum absolute atomic E-state index is 0.0398. The summed E-state index contributed by atoms with van der Waals surface area (Å²) < 4.78 is 0. The standard InChI is InChI=1S/C17H21N3O/c1-13-10-14-6-2-3-7-15(14)20(13)11-16(21)19-17(12-18)8-4-5-9-17/h2-3,6-7,13H,4-5,8-11H2,1H3,(H,19,21)/t13-/m0/s1. The molecule has 4 heteroatoms. The Hall–Kier alpha value is -2.02. The fraction of sp³-hybridized carbons (Fsp3) is 0.529. The van der Waals surface area contributed by atoms with E-state index >= 15 is 0 Å². The highest BCUT2D eigenvalue weighted by Gasteiger charge is 2.36. The van der Waals surface area contributed by atoms with Crippen LogP contribution in [0, 0.1) is 11.3 Å². The molecule has 1 aliphatic carbocycles. The molecule has 1 fully saturated rings. The molecule has 1 atom stereocenters. The second kappa shape index (κ2) is 5.40. The molecule has 1 heterocycles. The first-order valence-corrected chi connectivity index (χ1v) is 7.70. The number of nitrogens with one attached hydrogen (secondary N) is 1. The molecule has 3 rings (SSSR count). The molecule has 2 aliphatic rings. The molecule has 0 radical (unpaired) electrons. The Morgan fingerprint density at radius 2 is 2.14 bits per heavy atom. The number of hydrogen-bond donors (Lipinski definition) is 1. The molecular weight excluding hydrogens is 262 g/mol. The molecule has 1 N–H and O–H groups in total. The number of nitriles is 1. The highest BCUT2D eigenvalue weighted by Crippen LogP contribution is 2.32. The summed E-state index contributed by atoms with van der Waals surface area (Å²) in [7, 11) is 0. The van der Waals surface area contributed by atoms with Gasteiger partial charge in [-0.1, -0.05) is 18.2 Å². The molecule has 0 bridgehead atoms. The average molecular weight is 283 g/mol. The maximum absolute atomic E-state index is 12.4. The average Bonchev–Trinajstić information content (AvgIpc) is 3.05. The lowest BCUT2D eigenvalue weighted by molar-refractivity contribution is -0.121. The largest absolute Gasteiger partial charge is 0.359 e. The van der Waals surface area contributed by atoms with Gasteiger partial charge in [0.15, 0.2) is 0 Å². The van der Waals surface area contributed by atoms with E-state index in [-0.39, 0.29) is 5.91 Å². The van der Waals surface area contributed by atoms with Crippen molar-refractivity contribution in [2.45, 2.75) is 50.6 Å². The zero-order valence-corrected chi connectivity index (χ0v) is 12.4. The third-order valence-electron chi connectivity index (χ3n) is 4.71. The van der Waals surface area contributed by atoms with Gasteiger partial charge in [0.2, 0.25) is 5.91 Å². The van der Waals surface area contributed by atoms with Gasteiger partial charge in [-0.2, -0.15) is 5.26 Å². The van der Waals surface area contributed by atoms with Crippen LogP contribution >= 0.6 is 0 Å². The van der Waals surface area contributed by atoms with Crippen LogP contribution < -0.4 is 10.2 Å². The van der Waals surface area contributed by atoms with E-state index in [0.29, 0.717) is 12.6 Å². The molecule has 1 aromatic carbocycles. The minimum Gasteiger partial charge on any atom is -0.359 e. The van der Waals surface area contributed by atoms with Crippen LogP contribution in [-0.4, -0.2) is 24.0 Å². The van der Waals surface area contributed by atoms with Crippen LogP contribution in [0.15, 0.2) is 24.3 Å². The lowest BCUT2D eigenvalue weighted by Crippen LogP contribution is -2.49. The van der Waals surface area contributed by atoms with Crippen LogP contribution in [0.2, 0.25) is 0 Å². The summed E-state index contributed by atoms with van der Waals surface area (Å²) in [6.07, 6.45) is 4.59. The number of benzene rings is 1. The Kier molecular flexibility index (Phi) is 3.59. The van der Waals surface area contributed by atoms with E-state index in [1.165, 1.54) is 5.56 Å². The first kappa shape index (κ1) is 13.9. The smallest absolute Gasteiger partial charge is 0.240 e. The third-order valence-corrected chi connectivity index (χ3v) is 4.71. The summed E-state index contributed by atoms with van der Waals surface area (Å²) >= 11 is 0. The topological polar surface area (TPSA) is 56.1 Å². The monoisotopic (exact) mass is 283 g/mol. The van der Waals surface area contributed by atoms with E-state index in [1.54, 1.807) is 0 Å². The maximum Gasteiger partial charge on any atom is 0.240 e. The fourth-order valence-electron chi connectivity index (χ4n) is 3.57. The summed E-state index contributed by atoms with van der Waals surface area (Å²) in [6.45, 7) is 2.48. The number of para-hydroxylation sites is 1. The summed E-state index contributed by atoms with van der Waals surface area (Å²) in [4.78, 5) is 14.5. The molecule has 0 spiro atoms. The van der Waals surface area contributed by atoms with Gasteiger partial charge in [0.1, 0.15) is 5.54 Å². The van der Waals surface area contributed by atoms with Crippen molar-refractivity contribution in [3.63, 3.8) is 0 Å². The number of fused-ring (bicyclic) bond motifs is 1. The van der Waals surface area contributed by atoms with E-state index in [2.05, 4.69) is 35.3 Å².